The van der Waals surface area contributed by atoms with E-state index in [4.69, 9.17) is 21.1 Å². The van der Waals surface area contributed by atoms with Crippen LogP contribution >= 0.6 is 11.6 Å². The molecule has 0 spiro atoms. The van der Waals surface area contributed by atoms with E-state index in [1.165, 1.54) is 6.20 Å². The van der Waals surface area contributed by atoms with Gasteiger partial charge in [-0.25, -0.2) is 4.98 Å². The van der Waals surface area contributed by atoms with E-state index >= 15 is 0 Å². The Morgan fingerprint density at radius 2 is 1.94 bits per heavy atom. The Bertz CT molecular complexity index is 532. The minimum absolute atomic E-state index is 0.340. The molecule has 17 heavy (non-hydrogen) atoms. The third kappa shape index (κ3) is 2.31. The van der Waals surface area contributed by atoms with Crippen molar-refractivity contribution in [2.75, 3.05) is 14.2 Å². The molecule has 0 aliphatic rings. The molecular weight excluding hydrogens is 240 g/mol. The van der Waals surface area contributed by atoms with Crippen LogP contribution in [-0.2, 0) is 0 Å². The molecule has 1 heterocycles. The molecule has 0 aliphatic carbocycles. The summed E-state index contributed by atoms with van der Waals surface area (Å²) >= 11 is 5.82. The van der Waals surface area contributed by atoms with E-state index < -0.39 is 0 Å². The molecule has 88 valence electrons. The lowest BCUT2D eigenvalue weighted by Gasteiger charge is -2.11. The first-order valence-electron chi connectivity index (χ1n) is 4.95. The van der Waals surface area contributed by atoms with Crippen molar-refractivity contribution in [3.8, 4) is 22.8 Å². The van der Waals surface area contributed by atoms with Crippen LogP contribution in [0.25, 0.3) is 11.3 Å². The first-order valence-corrected chi connectivity index (χ1v) is 5.33. The smallest absolute Gasteiger partial charge is 0.170 e. The van der Waals surface area contributed by atoms with Gasteiger partial charge in [-0.3, -0.25) is 4.98 Å². The fraction of sp³-hybridized carbons (Fsp3) is 0.167. The standard InChI is InChI=1S/C12H11ClN2O2/c1-16-10-5-3-4-8(12(10)17-2)9-6-14-7-11(13)15-9/h3-7H,1-2H3. The Morgan fingerprint density at radius 1 is 1.12 bits per heavy atom. The van der Waals surface area contributed by atoms with Crippen molar-refractivity contribution in [1.82, 2.24) is 9.97 Å². The Labute approximate surface area is 104 Å². The Kier molecular flexibility index (Phi) is 3.44. The molecule has 5 heteroatoms. The molecule has 0 amide bonds. The molecule has 1 aromatic carbocycles. The lowest BCUT2D eigenvalue weighted by molar-refractivity contribution is 0.356. The molecule has 0 unspecified atom stereocenters. The number of para-hydroxylation sites is 1. The lowest BCUT2D eigenvalue weighted by atomic mass is 10.1. The minimum atomic E-state index is 0.340. The fourth-order valence-corrected chi connectivity index (χ4v) is 1.71. The number of methoxy groups -OCH3 is 2. The highest BCUT2D eigenvalue weighted by Crippen LogP contribution is 2.36. The molecule has 4 nitrogen and oxygen atoms in total. The van der Waals surface area contributed by atoms with Crippen molar-refractivity contribution in [2.24, 2.45) is 0 Å². The van der Waals surface area contributed by atoms with Crippen molar-refractivity contribution in [3.05, 3.63) is 35.7 Å². The van der Waals surface area contributed by atoms with Gasteiger partial charge in [-0.1, -0.05) is 17.7 Å². The third-order valence-corrected chi connectivity index (χ3v) is 2.47. The minimum Gasteiger partial charge on any atom is -0.493 e. The zero-order chi connectivity index (χ0) is 12.3. The molecule has 2 aromatic rings. The van der Waals surface area contributed by atoms with E-state index in [1.54, 1.807) is 20.4 Å². The molecule has 1 aromatic heterocycles. The van der Waals surface area contributed by atoms with Gasteiger partial charge in [0.25, 0.3) is 0 Å². The van der Waals surface area contributed by atoms with Crippen LogP contribution in [0.3, 0.4) is 0 Å². The van der Waals surface area contributed by atoms with Crippen LogP contribution in [0.4, 0.5) is 0 Å². The number of hydrogen-bond acceptors (Lipinski definition) is 4. The summed E-state index contributed by atoms with van der Waals surface area (Å²) in [5, 5.41) is 0.340. The summed E-state index contributed by atoms with van der Waals surface area (Å²) in [5.41, 5.74) is 1.44. The summed E-state index contributed by atoms with van der Waals surface area (Å²) in [6, 6.07) is 5.56. The number of ether oxygens (including phenoxy) is 2. The van der Waals surface area contributed by atoms with Crippen LogP contribution < -0.4 is 9.47 Å². The number of aromatic nitrogens is 2. The fourth-order valence-electron chi connectivity index (χ4n) is 1.56. The molecule has 0 fully saturated rings. The predicted molar refractivity (Wildman–Crippen MR) is 65.6 cm³/mol. The van der Waals surface area contributed by atoms with Gasteiger partial charge in [0.1, 0.15) is 5.15 Å². The van der Waals surface area contributed by atoms with Crippen LogP contribution in [0, 0.1) is 0 Å². The van der Waals surface area contributed by atoms with Crippen LogP contribution in [0.5, 0.6) is 11.5 Å². The largest absolute Gasteiger partial charge is 0.493 e. The van der Waals surface area contributed by atoms with Crippen molar-refractivity contribution >= 4 is 11.6 Å². The molecule has 2 rings (SSSR count). The Hall–Kier alpha value is -1.81. The maximum Gasteiger partial charge on any atom is 0.170 e. The molecule has 0 N–H and O–H groups in total. The summed E-state index contributed by atoms with van der Waals surface area (Å²) in [6.07, 6.45) is 3.11. The SMILES string of the molecule is COc1cccc(-c2cncc(Cl)n2)c1OC. The average molecular weight is 251 g/mol. The normalized spacial score (nSPS) is 10.1. The lowest BCUT2D eigenvalue weighted by Crippen LogP contribution is -1.94. The molecule has 0 aliphatic heterocycles. The van der Waals surface area contributed by atoms with Gasteiger partial charge in [-0.05, 0) is 12.1 Å². The number of hydrogen-bond donors (Lipinski definition) is 0. The van der Waals surface area contributed by atoms with Gasteiger partial charge in [0.2, 0.25) is 0 Å². The van der Waals surface area contributed by atoms with Crippen molar-refractivity contribution in [1.29, 1.82) is 0 Å². The quantitative estimate of drug-likeness (QED) is 0.840. The number of halogens is 1. The van der Waals surface area contributed by atoms with Crippen LogP contribution in [0.1, 0.15) is 0 Å². The number of rotatable bonds is 3. The van der Waals surface area contributed by atoms with Gasteiger partial charge in [0, 0.05) is 5.56 Å². The Morgan fingerprint density at radius 3 is 2.59 bits per heavy atom. The van der Waals surface area contributed by atoms with E-state index in [1.807, 2.05) is 18.2 Å². The highest BCUT2D eigenvalue weighted by atomic mass is 35.5. The van der Waals surface area contributed by atoms with Gasteiger partial charge in [-0.15, -0.1) is 0 Å². The third-order valence-electron chi connectivity index (χ3n) is 2.28. The molecule has 0 bridgehead atoms. The van der Waals surface area contributed by atoms with Crippen molar-refractivity contribution < 1.29 is 9.47 Å². The zero-order valence-electron chi connectivity index (χ0n) is 9.48. The second-order valence-electron chi connectivity index (χ2n) is 3.27. The monoisotopic (exact) mass is 250 g/mol. The summed E-state index contributed by atoms with van der Waals surface area (Å²) in [6.45, 7) is 0. The average Bonchev–Trinajstić information content (AvgIpc) is 2.37. The van der Waals surface area contributed by atoms with Crippen LogP contribution in [-0.4, -0.2) is 24.2 Å². The first kappa shape index (κ1) is 11.7. The second-order valence-corrected chi connectivity index (χ2v) is 3.66. The topological polar surface area (TPSA) is 44.2 Å². The summed E-state index contributed by atoms with van der Waals surface area (Å²) in [4.78, 5) is 8.20. The van der Waals surface area contributed by atoms with Crippen molar-refractivity contribution in [3.63, 3.8) is 0 Å². The summed E-state index contributed by atoms with van der Waals surface area (Å²) in [5.74, 6) is 1.26. The predicted octanol–water partition coefficient (Wildman–Crippen LogP) is 2.81. The van der Waals surface area contributed by atoms with Gasteiger partial charge < -0.3 is 9.47 Å². The Balaban J connectivity index is 2.59. The highest BCUT2D eigenvalue weighted by molar-refractivity contribution is 6.29. The van der Waals surface area contributed by atoms with E-state index in [2.05, 4.69) is 9.97 Å². The van der Waals surface area contributed by atoms with E-state index in [0.717, 1.165) is 5.56 Å². The summed E-state index contributed by atoms with van der Waals surface area (Å²) in [7, 11) is 3.17. The van der Waals surface area contributed by atoms with E-state index in [9.17, 15) is 0 Å². The molecule has 0 radical (unpaired) electrons. The van der Waals surface area contributed by atoms with Gasteiger partial charge in [-0.2, -0.15) is 0 Å². The molecule has 0 saturated carbocycles. The maximum absolute atomic E-state index is 5.82. The second kappa shape index (κ2) is 5.01. The summed E-state index contributed by atoms with van der Waals surface area (Å²) < 4.78 is 10.5. The number of nitrogens with zero attached hydrogens (tertiary/aromatic N) is 2. The van der Waals surface area contributed by atoms with E-state index in [0.29, 0.717) is 22.3 Å². The molecule has 0 atom stereocenters. The van der Waals surface area contributed by atoms with Crippen molar-refractivity contribution in [2.45, 2.75) is 0 Å². The molecule has 0 saturated heterocycles. The maximum atomic E-state index is 5.82. The van der Waals surface area contributed by atoms with Gasteiger partial charge in [0.05, 0.1) is 32.3 Å². The van der Waals surface area contributed by atoms with Gasteiger partial charge >= 0.3 is 0 Å². The zero-order valence-corrected chi connectivity index (χ0v) is 10.2. The first-order chi connectivity index (χ1) is 8.26. The highest BCUT2D eigenvalue weighted by Gasteiger charge is 2.12. The molecular formula is C12H11ClN2O2. The number of benzene rings is 1. The van der Waals surface area contributed by atoms with Crippen LogP contribution in [0.15, 0.2) is 30.6 Å². The van der Waals surface area contributed by atoms with Crippen LogP contribution in [0.2, 0.25) is 5.15 Å². The van der Waals surface area contributed by atoms with Gasteiger partial charge in [0.15, 0.2) is 11.5 Å². The van der Waals surface area contributed by atoms with E-state index in [-0.39, 0.29) is 0 Å².